The quantitative estimate of drug-likeness (QED) is 0.106. The number of imidazole rings is 1. The molecule has 2 aliphatic carbocycles. The molecule has 6 aromatic rings. The van der Waals surface area contributed by atoms with E-state index in [-0.39, 0.29) is 47.5 Å². The normalized spacial score (nSPS) is 19.5. The molecule has 11 nitrogen and oxygen atoms in total. The van der Waals surface area contributed by atoms with Crippen molar-refractivity contribution in [1.82, 2.24) is 35.4 Å². The molecular weight excluding hydrogens is 795 g/mol. The topological polar surface area (TPSA) is 140 Å². The lowest BCUT2D eigenvalue weighted by molar-refractivity contribution is -0.138. The minimum absolute atomic E-state index is 0.00235. The lowest BCUT2D eigenvalue weighted by Gasteiger charge is -2.28. The van der Waals surface area contributed by atoms with Gasteiger partial charge in [-0.3, -0.25) is 19.2 Å². The zero-order valence-corrected chi connectivity index (χ0v) is 35.2. The van der Waals surface area contributed by atoms with Gasteiger partial charge < -0.3 is 25.4 Å². The van der Waals surface area contributed by atoms with Gasteiger partial charge in [0.15, 0.2) is 0 Å². The molecular formula is C50H49N7O4S. The molecule has 10 rings (SSSR count). The summed E-state index contributed by atoms with van der Waals surface area (Å²) in [4.78, 5) is 71.0. The van der Waals surface area contributed by atoms with Gasteiger partial charge >= 0.3 is 0 Å². The summed E-state index contributed by atoms with van der Waals surface area (Å²) in [6.07, 6.45) is 8.71. The van der Waals surface area contributed by atoms with Gasteiger partial charge in [0, 0.05) is 35.9 Å². The number of nitrogens with zero attached hydrogens (tertiary/aromatic N) is 4. The van der Waals surface area contributed by atoms with Crippen LogP contribution in [0, 0.1) is 11.8 Å². The monoisotopic (exact) mass is 843 g/mol. The fourth-order valence-corrected chi connectivity index (χ4v) is 9.89. The van der Waals surface area contributed by atoms with Gasteiger partial charge in [0.25, 0.3) is 0 Å². The average Bonchev–Trinajstić information content (AvgIpc) is 4.07. The van der Waals surface area contributed by atoms with E-state index in [9.17, 15) is 19.2 Å². The predicted molar refractivity (Wildman–Crippen MR) is 238 cm³/mol. The first-order valence-corrected chi connectivity index (χ1v) is 22.8. The number of amides is 4. The van der Waals surface area contributed by atoms with Crippen LogP contribution in [0.4, 0.5) is 0 Å². The van der Waals surface area contributed by atoms with Crippen LogP contribution in [-0.2, 0) is 19.2 Å². The number of nitrogens with one attached hydrogen (secondary N) is 3. The second-order valence-electron chi connectivity index (χ2n) is 17.0. The van der Waals surface area contributed by atoms with Crippen LogP contribution in [0.3, 0.4) is 0 Å². The van der Waals surface area contributed by atoms with E-state index in [0.717, 1.165) is 107 Å². The average molecular weight is 844 g/mol. The maximum Gasteiger partial charge on any atom is 0.250 e. The maximum absolute atomic E-state index is 14.1. The van der Waals surface area contributed by atoms with Gasteiger partial charge in [-0.25, -0.2) is 9.97 Å². The number of carbonyl (C=O) groups is 4. The van der Waals surface area contributed by atoms with E-state index in [0.29, 0.717) is 13.1 Å². The fraction of sp³-hybridized carbons (Fsp3) is 0.320. The van der Waals surface area contributed by atoms with Crippen LogP contribution in [-0.4, -0.2) is 61.5 Å². The number of aromatic nitrogens is 3. The molecule has 4 atom stereocenters. The van der Waals surface area contributed by atoms with Gasteiger partial charge in [0.05, 0.1) is 29.7 Å². The Morgan fingerprint density at radius 1 is 0.597 bits per heavy atom. The number of aromatic amines is 1. The van der Waals surface area contributed by atoms with Crippen LogP contribution in [0.1, 0.15) is 97.5 Å². The van der Waals surface area contributed by atoms with E-state index in [1.165, 1.54) is 0 Å². The van der Waals surface area contributed by atoms with Crippen molar-refractivity contribution in [3.63, 3.8) is 0 Å². The van der Waals surface area contributed by atoms with Crippen molar-refractivity contribution in [2.24, 2.45) is 11.8 Å². The van der Waals surface area contributed by atoms with Gasteiger partial charge in [0.1, 0.15) is 22.9 Å². The Hall–Kier alpha value is -6.40. The summed E-state index contributed by atoms with van der Waals surface area (Å²) < 4.78 is 0. The molecule has 2 saturated heterocycles. The van der Waals surface area contributed by atoms with E-state index in [1.807, 2.05) is 76.7 Å². The molecule has 4 heterocycles. The summed E-state index contributed by atoms with van der Waals surface area (Å²) in [6.45, 7) is 1.24. The Morgan fingerprint density at radius 2 is 1.08 bits per heavy atom. The molecule has 0 radical (unpaired) electrons. The Balaban J connectivity index is 0.797. The number of carbonyl (C=O) groups excluding carboxylic acids is 4. The van der Waals surface area contributed by atoms with E-state index in [2.05, 4.69) is 69.5 Å². The molecule has 2 saturated carbocycles. The second kappa shape index (κ2) is 17.2. The van der Waals surface area contributed by atoms with Crippen LogP contribution in [0.25, 0.3) is 33.6 Å². The molecule has 12 heteroatoms. The lowest BCUT2D eigenvalue weighted by atomic mass is 10.0. The number of likely N-dealkylation sites (tertiary alicyclic amines) is 2. The van der Waals surface area contributed by atoms with Crippen molar-refractivity contribution in [3.8, 4) is 33.6 Å². The van der Waals surface area contributed by atoms with Gasteiger partial charge in [0.2, 0.25) is 23.6 Å². The summed E-state index contributed by atoms with van der Waals surface area (Å²) in [7, 11) is 0. The Kier molecular flexibility index (Phi) is 11.0. The van der Waals surface area contributed by atoms with Crippen molar-refractivity contribution in [2.75, 3.05) is 13.1 Å². The van der Waals surface area contributed by atoms with E-state index >= 15 is 0 Å². The summed E-state index contributed by atoms with van der Waals surface area (Å²) in [5.74, 6) is 0.480. The maximum atomic E-state index is 14.1. The van der Waals surface area contributed by atoms with E-state index in [1.54, 1.807) is 11.3 Å². The van der Waals surface area contributed by atoms with Crippen LogP contribution in [0.2, 0.25) is 0 Å². The highest BCUT2D eigenvalue weighted by molar-refractivity contribution is 7.10. The van der Waals surface area contributed by atoms with Gasteiger partial charge in [-0.15, -0.1) is 11.3 Å². The van der Waals surface area contributed by atoms with Crippen molar-refractivity contribution in [2.45, 2.75) is 75.5 Å². The van der Waals surface area contributed by atoms with Crippen LogP contribution in [0.15, 0.2) is 121 Å². The Bertz CT molecular complexity index is 2390. The summed E-state index contributed by atoms with van der Waals surface area (Å²) in [6, 6.07) is 34.1. The van der Waals surface area contributed by atoms with Crippen LogP contribution in [0.5, 0.6) is 0 Å². The zero-order chi connectivity index (χ0) is 42.2. The lowest BCUT2D eigenvalue weighted by Crippen LogP contribution is -2.43. The zero-order valence-electron chi connectivity index (χ0n) is 34.4. The van der Waals surface area contributed by atoms with E-state index in [4.69, 9.17) is 9.97 Å². The summed E-state index contributed by atoms with van der Waals surface area (Å²) in [5.41, 5.74) is 7.50. The molecule has 4 aromatic carbocycles. The number of hydrogen-bond acceptors (Lipinski definition) is 7. The first-order chi connectivity index (χ1) is 30.4. The van der Waals surface area contributed by atoms with Gasteiger partial charge in [-0.1, -0.05) is 109 Å². The molecule has 314 valence electrons. The minimum atomic E-state index is -0.729. The minimum Gasteiger partial charge on any atom is -0.340 e. The second-order valence-corrected chi connectivity index (χ2v) is 17.9. The molecule has 4 aliphatic rings. The number of thiazole rings is 1. The van der Waals surface area contributed by atoms with Crippen molar-refractivity contribution >= 4 is 35.0 Å². The SMILES string of the molecule is O=C(NC(C(=O)N1CCC[C@H]1c1ncc(-c2ccc(-c3ccc(-c4csc([C@@H]5CCCN5C(=O)C(NC(=O)C5CC5)c5ccccc5)n4)cc3)cc2)[nH]1)c1ccccc1)C1CC1. The number of hydrogen-bond donors (Lipinski definition) is 3. The molecule has 3 N–H and O–H groups in total. The van der Waals surface area contributed by atoms with Crippen molar-refractivity contribution in [1.29, 1.82) is 0 Å². The number of rotatable bonds is 13. The highest BCUT2D eigenvalue weighted by Crippen LogP contribution is 2.39. The van der Waals surface area contributed by atoms with E-state index < -0.39 is 12.1 Å². The third kappa shape index (κ3) is 8.31. The standard InChI is InChI=1S/C50H49N7O4S/c58-46(37-23-24-37)54-43(35-9-3-1-4-10-35)49(60)56-27-7-13-41(56)45-51-29-39(52-45)33-19-15-31(16-20-33)32-17-21-34(22-18-32)40-30-62-48(53-40)42-14-8-28-57(42)50(61)44(36-11-5-2-6-12-36)55-47(59)38-25-26-38/h1-6,9-12,15-22,29-30,37-38,41-44H,7-8,13-14,23-28H2,(H,51,52)(H,54,58)(H,55,59)/t41-,42-,43?,44?/m0/s1. The molecule has 2 aromatic heterocycles. The molecule has 62 heavy (non-hydrogen) atoms. The van der Waals surface area contributed by atoms with Crippen LogP contribution >= 0.6 is 11.3 Å². The Morgan fingerprint density at radius 3 is 1.61 bits per heavy atom. The van der Waals surface area contributed by atoms with Crippen molar-refractivity contribution < 1.29 is 19.2 Å². The first-order valence-electron chi connectivity index (χ1n) is 21.9. The number of H-pyrrole nitrogens is 1. The first kappa shape index (κ1) is 39.7. The molecule has 4 amide bonds. The smallest absolute Gasteiger partial charge is 0.250 e. The highest BCUT2D eigenvalue weighted by Gasteiger charge is 2.41. The molecule has 2 unspecified atom stereocenters. The molecule has 2 aliphatic heterocycles. The molecule has 4 fully saturated rings. The molecule has 0 spiro atoms. The largest absolute Gasteiger partial charge is 0.340 e. The summed E-state index contributed by atoms with van der Waals surface area (Å²) >= 11 is 1.58. The third-order valence-corrected chi connectivity index (χ3v) is 13.7. The Labute approximate surface area is 365 Å². The van der Waals surface area contributed by atoms with Crippen LogP contribution < -0.4 is 10.6 Å². The number of benzene rings is 4. The van der Waals surface area contributed by atoms with Crippen molar-refractivity contribution in [3.05, 3.63) is 143 Å². The van der Waals surface area contributed by atoms with Gasteiger partial charge in [-0.05, 0) is 79.2 Å². The molecule has 0 bridgehead atoms. The third-order valence-electron chi connectivity index (χ3n) is 12.7. The highest BCUT2D eigenvalue weighted by atomic mass is 32.1. The predicted octanol–water partition coefficient (Wildman–Crippen LogP) is 8.73. The van der Waals surface area contributed by atoms with Gasteiger partial charge in [-0.2, -0.15) is 0 Å². The fourth-order valence-electron chi connectivity index (χ4n) is 8.91. The summed E-state index contributed by atoms with van der Waals surface area (Å²) in [5, 5.41) is 9.09.